The molecule has 3 heteroatoms. The number of hydrogen-bond acceptors (Lipinski definition) is 2. The van der Waals surface area contributed by atoms with Gasteiger partial charge in [-0.05, 0) is 13.8 Å². The number of amides is 1. The molecule has 0 heterocycles. The van der Waals surface area contributed by atoms with Crippen LogP contribution in [0.5, 0.6) is 0 Å². The zero-order valence-electron chi connectivity index (χ0n) is 10.9. The zero-order valence-corrected chi connectivity index (χ0v) is 10.9. The van der Waals surface area contributed by atoms with Crippen LogP contribution in [0.4, 0.5) is 0 Å². The molecule has 0 saturated heterocycles. The number of ketones is 1. The van der Waals surface area contributed by atoms with Crippen molar-refractivity contribution >= 4 is 11.7 Å². The summed E-state index contributed by atoms with van der Waals surface area (Å²) in [5.41, 5.74) is 1.77. The first-order valence-electron chi connectivity index (χ1n) is 5.84. The number of nitrogens with zero attached hydrogens (tertiary/aromatic N) is 1. The molecule has 3 nitrogen and oxygen atoms in total. The van der Waals surface area contributed by atoms with E-state index in [-0.39, 0.29) is 11.7 Å². The molecule has 0 N–H and O–H groups in total. The van der Waals surface area contributed by atoms with Crippen LogP contribution >= 0.6 is 0 Å². The number of hydrogen-bond donors (Lipinski definition) is 0. The molecule has 0 aliphatic carbocycles. The second-order valence-corrected chi connectivity index (χ2v) is 4.26. The van der Waals surface area contributed by atoms with Crippen LogP contribution in [0.3, 0.4) is 0 Å². The van der Waals surface area contributed by atoms with Crippen molar-refractivity contribution in [2.45, 2.75) is 33.2 Å². The molecule has 17 heavy (non-hydrogen) atoms. The molecule has 1 aromatic carbocycles. The summed E-state index contributed by atoms with van der Waals surface area (Å²) in [6.45, 7) is 5.53. The first-order valence-corrected chi connectivity index (χ1v) is 5.84. The lowest BCUT2D eigenvalue weighted by Crippen LogP contribution is -2.40. The Bertz CT molecular complexity index is 409. The second-order valence-electron chi connectivity index (χ2n) is 4.26. The molecular weight excluding hydrogens is 214 g/mol. The Morgan fingerprint density at radius 1 is 1.24 bits per heavy atom. The summed E-state index contributed by atoms with van der Waals surface area (Å²) in [6.07, 6.45) is 0.419. The van der Waals surface area contributed by atoms with Gasteiger partial charge in [0.25, 0.3) is 0 Å². The highest BCUT2D eigenvalue weighted by Crippen LogP contribution is 2.10. The Labute approximate surface area is 102 Å². The predicted octanol–water partition coefficient (Wildman–Crippen LogP) is 2.43. The van der Waals surface area contributed by atoms with Gasteiger partial charge in [-0.15, -0.1) is 0 Å². The van der Waals surface area contributed by atoms with E-state index in [1.165, 1.54) is 4.90 Å². The summed E-state index contributed by atoms with van der Waals surface area (Å²) >= 11 is 0. The maximum absolute atomic E-state index is 12.1. The standard InChI is InChI=1S/C14H19NO2/c1-5-13(16)15(4)11(3)14(17)12-8-6-10(2)7-9-12/h6-9,11H,5H2,1-4H3. The fourth-order valence-electron chi connectivity index (χ4n) is 1.60. The summed E-state index contributed by atoms with van der Waals surface area (Å²) in [5.74, 6) is -0.0349. The number of carbonyl (C=O) groups excluding carboxylic acids is 2. The monoisotopic (exact) mass is 233 g/mol. The van der Waals surface area contributed by atoms with Gasteiger partial charge in [0.15, 0.2) is 5.78 Å². The molecule has 0 aliphatic heterocycles. The number of carbonyl (C=O) groups is 2. The van der Waals surface area contributed by atoms with E-state index in [1.54, 1.807) is 33.0 Å². The van der Waals surface area contributed by atoms with Gasteiger partial charge in [-0.1, -0.05) is 36.8 Å². The molecule has 0 radical (unpaired) electrons. The predicted molar refractivity (Wildman–Crippen MR) is 68.0 cm³/mol. The van der Waals surface area contributed by atoms with Crippen molar-refractivity contribution in [1.29, 1.82) is 0 Å². The largest absolute Gasteiger partial charge is 0.336 e. The topological polar surface area (TPSA) is 37.4 Å². The third-order valence-electron chi connectivity index (χ3n) is 2.99. The zero-order chi connectivity index (χ0) is 13.0. The molecule has 1 amide bonds. The highest BCUT2D eigenvalue weighted by Gasteiger charge is 2.22. The Kier molecular flexibility index (Phi) is 4.44. The fraction of sp³-hybridized carbons (Fsp3) is 0.429. The van der Waals surface area contributed by atoms with Crippen LogP contribution in [0, 0.1) is 6.92 Å². The van der Waals surface area contributed by atoms with Gasteiger partial charge in [-0.2, -0.15) is 0 Å². The number of rotatable bonds is 4. The molecule has 1 unspecified atom stereocenters. The van der Waals surface area contributed by atoms with Crippen molar-refractivity contribution in [1.82, 2.24) is 4.90 Å². The van der Waals surface area contributed by atoms with E-state index in [9.17, 15) is 9.59 Å². The van der Waals surface area contributed by atoms with Crippen LogP contribution in [-0.2, 0) is 4.79 Å². The van der Waals surface area contributed by atoms with E-state index < -0.39 is 6.04 Å². The number of aryl methyl sites for hydroxylation is 1. The van der Waals surface area contributed by atoms with Crippen molar-refractivity contribution in [2.24, 2.45) is 0 Å². The quantitative estimate of drug-likeness (QED) is 0.749. The Balaban J connectivity index is 2.83. The van der Waals surface area contributed by atoms with Gasteiger partial charge >= 0.3 is 0 Å². The first kappa shape index (κ1) is 13.4. The van der Waals surface area contributed by atoms with E-state index in [1.807, 2.05) is 19.1 Å². The smallest absolute Gasteiger partial charge is 0.222 e. The van der Waals surface area contributed by atoms with Gasteiger partial charge in [0.05, 0.1) is 6.04 Å². The highest BCUT2D eigenvalue weighted by atomic mass is 16.2. The van der Waals surface area contributed by atoms with Gasteiger partial charge in [-0.25, -0.2) is 0 Å². The third kappa shape index (κ3) is 3.16. The van der Waals surface area contributed by atoms with Crippen LogP contribution in [0.1, 0.15) is 36.2 Å². The van der Waals surface area contributed by atoms with E-state index in [4.69, 9.17) is 0 Å². The van der Waals surface area contributed by atoms with Gasteiger partial charge < -0.3 is 4.90 Å². The maximum Gasteiger partial charge on any atom is 0.222 e. The van der Waals surface area contributed by atoms with Gasteiger partial charge in [0.1, 0.15) is 0 Å². The number of benzene rings is 1. The van der Waals surface area contributed by atoms with Crippen molar-refractivity contribution in [3.63, 3.8) is 0 Å². The van der Waals surface area contributed by atoms with Crippen molar-refractivity contribution in [3.05, 3.63) is 35.4 Å². The van der Waals surface area contributed by atoms with Crippen molar-refractivity contribution < 1.29 is 9.59 Å². The summed E-state index contributed by atoms with van der Waals surface area (Å²) in [5, 5.41) is 0. The molecule has 0 aromatic heterocycles. The molecular formula is C14H19NO2. The second kappa shape index (κ2) is 5.62. The van der Waals surface area contributed by atoms with Gasteiger partial charge in [-0.3, -0.25) is 9.59 Å². The van der Waals surface area contributed by atoms with Gasteiger partial charge in [0, 0.05) is 19.0 Å². The minimum Gasteiger partial charge on any atom is -0.336 e. The number of likely N-dealkylation sites (N-methyl/N-ethyl adjacent to an activating group) is 1. The molecule has 0 aliphatic rings. The Morgan fingerprint density at radius 3 is 2.24 bits per heavy atom. The van der Waals surface area contributed by atoms with Crippen LogP contribution < -0.4 is 0 Å². The van der Waals surface area contributed by atoms with Crippen molar-refractivity contribution in [3.8, 4) is 0 Å². The minimum atomic E-state index is -0.412. The normalized spacial score (nSPS) is 12.0. The van der Waals surface area contributed by atoms with Crippen LogP contribution in [0.15, 0.2) is 24.3 Å². The molecule has 92 valence electrons. The summed E-state index contributed by atoms with van der Waals surface area (Å²) in [4.78, 5) is 25.1. The lowest BCUT2D eigenvalue weighted by Gasteiger charge is -2.23. The average molecular weight is 233 g/mol. The maximum atomic E-state index is 12.1. The summed E-state index contributed by atoms with van der Waals surface area (Å²) in [6, 6.07) is 7.00. The molecule has 1 rings (SSSR count). The van der Waals surface area contributed by atoms with Crippen LogP contribution in [0.25, 0.3) is 0 Å². The average Bonchev–Trinajstić information content (AvgIpc) is 2.36. The lowest BCUT2D eigenvalue weighted by molar-refractivity contribution is -0.130. The van der Waals surface area contributed by atoms with E-state index in [0.717, 1.165) is 5.56 Å². The number of Topliss-reactive ketones (excluding diaryl/α,β-unsaturated/α-hetero) is 1. The van der Waals surface area contributed by atoms with Crippen molar-refractivity contribution in [2.75, 3.05) is 7.05 Å². The van der Waals surface area contributed by atoms with E-state index in [0.29, 0.717) is 12.0 Å². The fourth-order valence-corrected chi connectivity index (χ4v) is 1.60. The Morgan fingerprint density at radius 2 is 1.76 bits per heavy atom. The van der Waals surface area contributed by atoms with Crippen LogP contribution in [0.2, 0.25) is 0 Å². The third-order valence-corrected chi connectivity index (χ3v) is 2.99. The highest BCUT2D eigenvalue weighted by molar-refractivity contribution is 6.01. The summed E-state index contributed by atoms with van der Waals surface area (Å²) < 4.78 is 0. The molecule has 0 fully saturated rings. The molecule has 0 spiro atoms. The van der Waals surface area contributed by atoms with E-state index in [2.05, 4.69) is 0 Å². The van der Waals surface area contributed by atoms with E-state index >= 15 is 0 Å². The summed E-state index contributed by atoms with van der Waals surface area (Å²) in [7, 11) is 1.67. The lowest BCUT2D eigenvalue weighted by atomic mass is 10.0. The van der Waals surface area contributed by atoms with Gasteiger partial charge in [0.2, 0.25) is 5.91 Å². The molecule has 0 saturated carbocycles. The van der Waals surface area contributed by atoms with Crippen LogP contribution in [-0.4, -0.2) is 29.7 Å². The Hall–Kier alpha value is -1.64. The molecule has 0 bridgehead atoms. The molecule has 1 atom stereocenters. The minimum absolute atomic E-state index is 0.0158. The molecule has 1 aromatic rings. The first-order chi connectivity index (χ1) is 7.97. The SMILES string of the molecule is CCC(=O)N(C)C(C)C(=O)c1ccc(C)cc1.